The van der Waals surface area contributed by atoms with Crippen LogP contribution in [0.4, 0.5) is 11.4 Å². The summed E-state index contributed by atoms with van der Waals surface area (Å²) in [7, 11) is 1.78. The van der Waals surface area contributed by atoms with E-state index in [-0.39, 0.29) is 24.4 Å². The Morgan fingerprint density at radius 2 is 2.10 bits per heavy atom. The van der Waals surface area contributed by atoms with Crippen molar-refractivity contribution in [3.8, 4) is 0 Å². The maximum atomic E-state index is 12.3. The molecule has 0 saturated carbocycles. The molecule has 0 bridgehead atoms. The molecule has 3 N–H and O–H groups in total. The molecule has 1 atom stereocenters. The molecular weight excluding hydrogens is 268 g/mol. The van der Waals surface area contributed by atoms with E-state index < -0.39 is 0 Å². The van der Waals surface area contributed by atoms with E-state index in [0.717, 1.165) is 5.56 Å². The van der Waals surface area contributed by atoms with Crippen LogP contribution in [-0.4, -0.2) is 54.3 Å². The van der Waals surface area contributed by atoms with Gasteiger partial charge in [0.15, 0.2) is 0 Å². The van der Waals surface area contributed by atoms with Crippen molar-refractivity contribution >= 4 is 23.2 Å². The van der Waals surface area contributed by atoms with E-state index in [2.05, 4.69) is 5.32 Å². The molecule has 0 radical (unpaired) electrons. The molecule has 1 heterocycles. The van der Waals surface area contributed by atoms with Gasteiger partial charge in [-0.05, 0) is 31.5 Å². The molecule has 1 aromatic rings. The van der Waals surface area contributed by atoms with Gasteiger partial charge < -0.3 is 16.0 Å². The lowest BCUT2D eigenvalue weighted by atomic mass is 10.1. The summed E-state index contributed by atoms with van der Waals surface area (Å²) in [5, 5.41) is 2.89. The average molecular weight is 290 g/mol. The number of carbonyl (C=O) groups is 2. The number of nitrogens with two attached hydrogens (primary N) is 1. The Morgan fingerprint density at radius 1 is 1.38 bits per heavy atom. The predicted molar refractivity (Wildman–Crippen MR) is 82.9 cm³/mol. The molecule has 1 aromatic carbocycles. The molecule has 1 saturated heterocycles. The summed E-state index contributed by atoms with van der Waals surface area (Å²) in [6.45, 7) is 5.36. The number of nitrogen functional groups attached to an aromatic ring is 1. The highest BCUT2D eigenvalue weighted by molar-refractivity contribution is 5.96. The quantitative estimate of drug-likeness (QED) is 0.802. The van der Waals surface area contributed by atoms with Crippen molar-refractivity contribution in [1.82, 2.24) is 9.80 Å². The van der Waals surface area contributed by atoms with E-state index in [4.69, 9.17) is 5.73 Å². The van der Waals surface area contributed by atoms with Crippen LogP contribution in [0.1, 0.15) is 12.5 Å². The van der Waals surface area contributed by atoms with Crippen molar-refractivity contribution in [2.45, 2.75) is 19.9 Å². The van der Waals surface area contributed by atoms with Crippen LogP contribution >= 0.6 is 0 Å². The maximum Gasteiger partial charge on any atom is 0.241 e. The van der Waals surface area contributed by atoms with Crippen LogP contribution in [0.15, 0.2) is 18.2 Å². The molecule has 6 heteroatoms. The Labute approximate surface area is 124 Å². The largest absolute Gasteiger partial charge is 0.399 e. The van der Waals surface area contributed by atoms with Crippen LogP contribution in [0, 0.1) is 6.92 Å². The Hall–Kier alpha value is -2.08. The second-order valence-electron chi connectivity index (χ2n) is 5.53. The Bertz CT molecular complexity index is 559. The molecular formula is C15H22N4O2. The number of hydrogen-bond acceptors (Lipinski definition) is 4. The minimum Gasteiger partial charge on any atom is -0.399 e. The van der Waals surface area contributed by atoms with Crippen molar-refractivity contribution in [1.29, 1.82) is 0 Å². The van der Waals surface area contributed by atoms with Gasteiger partial charge in [0.05, 0.1) is 12.6 Å². The van der Waals surface area contributed by atoms with Crippen LogP contribution in [-0.2, 0) is 9.59 Å². The average Bonchev–Trinajstić information content (AvgIpc) is 2.45. The molecule has 2 rings (SSSR count). The van der Waals surface area contributed by atoms with E-state index in [9.17, 15) is 9.59 Å². The molecule has 0 spiro atoms. The van der Waals surface area contributed by atoms with E-state index >= 15 is 0 Å². The lowest BCUT2D eigenvalue weighted by molar-refractivity contribution is -0.136. The second-order valence-corrected chi connectivity index (χ2v) is 5.53. The molecule has 0 aromatic heterocycles. The molecule has 1 fully saturated rings. The first-order valence-corrected chi connectivity index (χ1v) is 7.03. The normalized spacial score (nSPS) is 17.7. The topological polar surface area (TPSA) is 78.7 Å². The first kappa shape index (κ1) is 15.3. The highest BCUT2D eigenvalue weighted by atomic mass is 16.2. The van der Waals surface area contributed by atoms with E-state index in [0.29, 0.717) is 24.5 Å². The number of amides is 2. The van der Waals surface area contributed by atoms with Crippen molar-refractivity contribution < 1.29 is 9.59 Å². The van der Waals surface area contributed by atoms with Crippen molar-refractivity contribution in [3.63, 3.8) is 0 Å². The zero-order valence-electron chi connectivity index (χ0n) is 12.7. The van der Waals surface area contributed by atoms with Gasteiger partial charge in [-0.25, -0.2) is 0 Å². The molecule has 21 heavy (non-hydrogen) atoms. The number of hydrogen-bond donors (Lipinski definition) is 2. The third-order valence-corrected chi connectivity index (χ3v) is 3.93. The summed E-state index contributed by atoms with van der Waals surface area (Å²) in [4.78, 5) is 27.6. The predicted octanol–water partition coefficient (Wildman–Crippen LogP) is 0.678. The molecule has 1 aliphatic rings. The number of piperazine rings is 1. The summed E-state index contributed by atoms with van der Waals surface area (Å²) in [6, 6.07) is 5.06. The molecule has 6 nitrogen and oxygen atoms in total. The van der Waals surface area contributed by atoms with Gasteiger partial charge in [-0.3, -0.25) is 14.5 Å². The maximum absolute atomic E-state index is 12.3. The number of aryl methyl sites for hydroxylation is 1. The molecule has 0 aliphatic carbocycles. The standard InChI is InChI=1S/C15H22N4O2/c1-10-4-5-12(16)8-13(10)17-15(21)11(2)19-7-6-18(3)14(20)9-19/h4-5,8,11H,6-7,9,16H2,1-3H3,(H,17,21). The smallest absolute Gasteiger partial charge is 0.241 e. The number of carbonyl (C=O) groups excluding carboxylic acids is 2. The fraction of sp³-hybridized carbons (Fsp3) is 0.467. The van der Waals surface area contributed by atoms with Gasteiger partial charge in [0.1, 0.15) is 0 Å². The minimum atomic E-state index is -0.358. The summed E-state index contributed by atoms with van der Waals surface area (Å²) < 4.78 is 0. The number of benzene rings is 1. The number of likely N-dealkylation sites (N-methyl/N-ethyl adjacent to an activating group) is 1. The van der Waals surface area contributed by atoms with Gasteiger partial charge in [0, 0.05) is 31.5 Å². The van der Waals surface area contributed by atoms with Crippen molar-refractivity contribution in [3.05, 3.63) is 23.8 Å². The number of nitrogens with zero attached hydrogens (tertiary/aromatic N) is 2. The number of rotatable bonds is 3. The van der Waals surface area contributed by atoms with Crippen molar-refractivity contribution in [2.75, 3.05) is 37.7 Å². The van der Waals surface area contributed by atoms with Crippen LogP contribution < -0.4 is 11.1 Å². The third-order valence-electron chi connectivity index (χ3n) is 3.93. The third kappa shape index (κ3) is 3.52. The van der Waals surface area contributed by atoms with Gasteiger partial charge in [-0.1, -0.05) is 6.07 Å². The van der Waals surface area contributed by atoms with Gasteiger partial charge in [0.2, 0.25) is 11.8 Å². The van der Waals surface area contributed by atoms with Crippen LogP contribution in [0.2, 0.25) is 0 Å². The summed E-state index contributed by atoms with van der Waals surface area (Å²) in [5.41, 5.74) is 8.03. The zero-order valence-corrected chi connectivity index (χ0v) is 12.7. The van der Waals surface area contributed by atoms with Gasteiger partial charge in [0.25, 0.3) is 0 Å². The van der Waals surface area contributed by atoms with Crippen LogP contribution in [0.25, 0.3) is 0 Å². The molecule has 1 unspecified atom stereocenters. The second kappa shape index (κ2) is 6.13. The first-order chi connectivity index (χ1) is 9.88. The Morgan fingerprint density at radius 3 is 2.76 bits per heavy atom. The van der Waals surface area contributed by atoms with Gasteiger partial charge in [-0.15, -0.1) is 0 Å². The zero-order chi connectivity index (χ0) is 15.6. The van der Waals surface area contributed by atoms with E-state index in [1.54, 1.807) is 24.1 Å². The van der Waals surface area contributed by atoms with E-state index in [1.807, 2.05) is 24.8 Å². The van der Waals surface area contributed by atoms with Crippen molar-refractivity contribution in [2.24, 2.45) is 0 Å². The van der Waals surface area contributed by atoms with Crippen LogP contribution in [0.5, 0.6) is 0 Å². The fourth-order valence-electron chi connectivity index (χ4n) is 2.28. The highest BCUT2D eigenvalue weighted by Gasteiger charge is 2.28. The Kier molecular flexibility index (Phi) is 4.47. The van der Waals surface area contributed by atoms with Crippen LogP contribution in [0.3, 0.4) is 0 Å². The van der Waals surface area contributed by atoms with Gasteiger partial charge in [-0.2, -0.15) is 0 Å². The molecule has 1 aliphatic heterocycles. The van der Waals surface area contributed by atoms with E-state index in [1.165, 1.54) is 0 Å². The highest BCUT2D eigenvalue weighted by Crippen LogP contribution is 2.19. The number of nitrogens with one attached hydrogen (secondary N) is 1. The van der Waals surface area contributed by atoms with Gasteiger partial charge >= 0.3 is 0 Å². The molecule has 114 valence electrons. The lowest BCUT2D eigenvalue weighted by Crippen LogP contribution is -2.54. The summed E-state index contributed by atoms with van der Waals surface area (Å²) >= 11 is 0. The SMILES string of the molecule is Cc1ccc(N)cc1NC(=O)C(C)N1CCN(C)C(=O)C1. The number of anilines is 2. The minimum absolute atomic E-state index is 0.0426. The summed E-state index contributed by atoms with van der Waals surface area (Å²) in [6.07, 6.45) is 0. The lowest BCUT2D eigenvalue weighted by Gasteiger charge is -2.35. The first-order valence-electron chi connectivity index (χ1n) is 7.03. The summed E-state index contributed by atoms with van der Waals surface area (Å²) in [5.74, 6) is -0.0814. The molecule has 2 amide bonds. The monoisotopic (exact) mass is 290 g/mol. The Balaban J connectivity index is 2.03. The fourth-order valence-corrected chi connectivity index (χ4v) is 2.28.